The predicted molar refractivity (Wildman–Crippen MR) is 89.3 cm³/mol. The molecule has 0 spiro atoms. The monoisotopic (exact) mass is 307 g/mol. The van der Waals surface area contributed by atoms with E-state index in [1.165, 1.54) is 0 Å². The molecule has 0 aliphatic rings. The number of para-hydroxylation sites is 3. The van der Waals surface area contributed by atoms with Crippen molar-refractivity contribution in [3.05, 3.63) is 66.0 Å². The van der Waals surface area contributed by atoms with Crippen molar-refractivity contribution >= 4 is 22.6 Å². The second kappa shape index (κ2) is 6.54. The third-order valence-electron chi connectivity index (χ3n) is 3.38. The van der Waals surface area contributed by atoms with Crippen LogP contribution in [0.3, 0.4) is 0 Å². The van der Waals surface area contributed by atoms with E-state index in [9.17, 15) is 9.90 Å². The molecule has 0 radical (unpaired) electrons. The number of hydrogen-bond donors (Lipinski definition) is 2. The third kappa shape index (κ3) is 3.52. The summed E-state index contributed by atoms with van der Waals surface area (Å²) >= 11 is 0. The van der Waals surface area contributed by atoms with Crippen molar-refractivity contribution in [2.45, 2.75) is 19.4 Å². The number of carbonyl (C=O) groups is 1. The first-order chi connectivity index (χ1) is 11.1. The van der Waals surface area contributed by atoms with Crippen LogP contribution in [0.25, 0.3) is 11.0 Å². The van der Waals surface area contributed by atoms with E-state index in [1.54, 1.807) is 19.1 Å². The lowest BCUT2D eigenvalue weighted by molar-refractivity contribution is 0.102. The molecule has 2 aromatic carbocycles. The van der Waals surface area contributed by atoms with E-state index in [4.69, 9.17) is 0 Å². The molecule has 3 rings (SSSR count). The number of amides is 1. The van der Waals surface area contributed by atoms with E-state index in [2.05, 4.69) is 15.3 Å². The standard InChI is InChI=1S/C18H17N3O2/c1-12(22)11-16-17(18(23)19-13-7-3-2-4-8-13)21-15-10-6-5-9-14(15)20-16/h2-10,12,22H,11H2,1H3,(H,19,23). The molecule has 0 saturated heterocycles. The highest BCUT2D eigenvalue weighted by Gasteiger charge is 2.17. The lowest BCUT2D eigenvalue weighted by Crippen LogP contribution is -2.19. The number of nitrogens with zero attached hydrogens (tertiary/aromatic N) is 2. The fraction of sp³-hybridized carbons (Fsp3) is 0.167. The molecule has 1 aromatic heterocycles. The second-order valence-electron chi connectivity index (χ2n) is 5.38. The zero-order valence-corrected chi connectivity index (χ0v) is 12.7. The van der Waals surface area contributed by atoms with Crippen molar-refractivity contribution in [3.8, 4) is 0 Å². The van der Waals surface area contributed by atoms with Crippen LogP contribution in [-0.4, -0.2) is 27.1 Å². The summed E-state index contributed by atoms with van der Waals surface area (Å²) in [4.78, 5) is 21.5. The SMILES string of the molecule is CC(O)Cc1nc2ccccc2nc1C(=O)Nc1ccccc1. The van der Waals surface area contributed by atoms with Gasteiger partial charge in [-0.25, -0.2) is 9.97 Å². The van der Waals surface area contributed by atoms with E-state index in [0.29, 0.717) is 22.4 Å². The van der Waals surface area contributed by atoms with E-state index in [1.807, 2.05) is 42.5 Å². The molecule has 0 fully saturated rings. The lowest BCUT2D eigenvalue weighted by atomic mass is 10.1. The van der Waals surface area contributed by atoms with Gasteiger partial charge in [-0.3, -0.25) is 4.79 Å². The molecule has 1 heterocycles. The van der Waals surface area contributed by atoms with Crippen molar-refractivity contribution in [1.82, 2.24) is 9.97 Å². The molecule has 0 saturated carbocycles. The van der Waals surface area contributed by atoms with E-state index >= 15 is 0 Å². The Hall–Kier alpha value is -2.79. The minimum atomic E-state index is -0.603. The van der Waals surface area contributed by atoms with E-state index < -0.39 is 6.10 Å². The van der Waals surface area contributed by atoms with Crippen LogP contribution in [0.1, 0.15) is 23.1 Å². The van der Waals surface area contributed by atoms with E-state index in [-0.39, 0.29) is 18.0 Å². The maximum atomic E-state index is 12.6. The van der Waals surface area contributed by atoms with Gasteiger partial charge < -0.3 is 10.4 Å². The number of aromatic nitrogens is 2. The molecule has 1 unspecified atom stereocenters. The Bertz CT molecular complexity index is 832. The highest BCUT2D eigenvalue weighted by Crippen LogP contribution is 2.16. The molecule has 0 aliphatic heterocycles. The normalized spacial score (nSPS) is 12.1. The predicted octanol–water partition coefficient (Wildman–Crippen LogP) is 2.81. The number of benzene rings is 2. The minimum Gasteiger partial charge on any atom is -0.393 e. The summed E-state index contributed by atoms with van der Waals surface area (Å²) in [5, 5.41) is 12.5. The van der Waals surface area contributed by atoms with Crippen LogP contribution in [0.15, 0.2) is 54.6 Å². The molecule has 1 atom stereocenters. The summed E-state index contributed by atoms with van der Waals surface area (Å²) in [5.41, 5.74) is 2.79. The van der Waals surface area contributed by atoms with Gasteiger partial charge in [0, 0.05) is 12.1 Å². The highest BCUT2D eigenvalue weighted by atomic mass is 16.3. The quantitative estimate of drug-likeness (QED) is 0.777. The van der Waals surface area contributed by atoms with Crippen molar-refractivity contribution in [3.63, 3.8) is 0 Å². The number of nitrogens with one attached hydrogen (secondary N) is 1. The molecule has 3 aromatic rings. The van der Waals surface area contributed by atoms with Crippen LogP contribution >= 0.6 is 0 Å². The Morgan fingerprint density at radius 2 is 1.65 bits per heavy atom. The molecule has 116 valence electrons. The number of carbonyl (C=O) groups excluding carboxylic acids is 1. The Kier molecular flexibility index (Phi) is 4.30. The fourth-order valence-corrected chi connectivity index (χ4v) is 2.35. The Morgan fingerprint density at radius 3 is 2.30 bits per heavy atom. The van der Waals surface area contributed by atoms with Gasteiger partial charge in [0.2, 0.25) is 0 Å². The van der Waals surface area contributed by atoms with Crippen molar-refractivity contribution in [2.24, 2.45) is 0 Å². The molecular formula is C18H17N3O2. The van der Waals surface area contributed by atoms with Crippen LogP contribution in [-0.2, 0) is 6.42 Å². The number of fused-ring (bicyclic) bond motifs is 1. The highest BCUT2D eigenvalue weighted by molar-refractivity contribution is 6.04. The smallest absolute Gasteiger partial charge is 0.276 e. The maximum absolute atomic E-state index is 12.6. The van der Waals surface area contributed by atoms with Gasteiger partial charge in [0.25, 0.3) is 5.91 Å². The van der Waals surface area contributed by atoms with Gasteiger partial charge in [0.15, 0.2) is 5.69 Å². The van der Waals surface area contributed by atoms with Gasteiger partial charge >= 0.3 is 0 Å². The average Bonchev–Trinajstić information content (AvgIpc) is 2.54. The molecule has 23 heavy (non-hydrogen) atoms. The summed E-state index contributed by atoms with van der Waals surface area (Å²) < 4.78 is 0. The zero-order chi connectivity index (χ0) is 16.2. The van der Waals surface area contributed by atoms with E-state index in [0.717, 1.165) is 0 Å². The van der Waals surface area contributed by atoms with Crippen LogP contribution in [0, 0.1) is 0 Å². The average molecular weight is 307 g/mol. The van der Waals surface area contributed by atoms with Crippen LogP contribution < -0.4 is 5.32 Å². The summed E-state index contributed by atoms with van der Waals surface area (Å²) in [7, 11) is 0. The zero-order valence-electron chi connectivity index (χ0n) is 12.7. The Morgan fingerprint density at radius 1 is 1.04 bits per heavy atom. The topological polar surface area (TPSA) is 75.1 Å². The number of hydrogen-bond acceptors (Lipinski definition) is 4. The van der Waals surface area contributed by atoms with Crippen molar-refractivity contribution in [2.75, 3.05) is 5.32 Å². The molecule has 0 aliphatic carbocycles. The summed E-state index contributed by atoms with van der Waals surface area (Å²) in [6.07, 6.45) is -0.330. The first-order valence-corrected chi connectivity index (χ1v) is 7.43. The largest absolute Gasteiger partial charge is 0.393 e. The van der Waals surface area contributed by atoms with Gasteiger partial charge in [-0.1, -0.05) is 30.3 Å². The van der Waals surface area contributed by atoms with Crippen LogP contribution in [0.4, 0.5) is 5.69 Å². The summed E-state index contributed by atoms with van der Waals surface area (Å²) in [5.74, 6) is -0.329. The van der Waals surface area contributed by atoms with Gasteiger partial charge in [-0.15, -0.1) is 0 Å². The van der Waals surface area contributed by atoms with Crippen molar-refractivity contribution in [1.29, 1.82) is 0 Å². The summed E-state index contributed by atoms with van der Waals surface area (Å²) in [6, 6.07) is 16.6. The fourth-order valence-electron chi connectivity index (χ4n) is 2.35. The van der Waals surface area contributed by atoms with Crippen LogP contribution in [0.5, 0.6) is 0 Å². The third-order valence-corrected chi connectivity index (χ3v) is 3.38. The number of aliphatic hydroxyl groups excluding tert-OH is 1. The van der Waals surface area contributed by atoms with Gasteiger partial charge in [-0.05, 0) is 31.2 Å². The Labute approximate surface area is 134 Å². The molecular weight excluding hydrogens is 290 g/mol. The second-order valence-corrected chi connectivity index (χ2v) is 5.38. The first kappa shape index (κ1) is 15.1. The van der Waals surface area contributed by atoms with Gasteiger partial charge in [0.05, 0.1) is 22.8 Å². The maximum Gasteiger partial charge on any atom is 0.276 e. The molecule has 2 N–H and O–H groups in total. The van der Waals surface area contributed by atoms with Crippen LogP contribution in [0.2, 0.25) is 0 Å². The Balaban J connectivity index is 2.01. The number of aliphatic hydroxyl groups is 1. The number of rotatable bonds is 4. The molecule has 1 amide bonds. The van der Waals surface area contributed by atoms with Gasteiger partial charge in [-0.2, -0.15) is 0 Å². The number of anilines is 1. The minimum absolute atomic E-state index is 0.244. The van der Waals surface area contributed by atoms with Gasteiger partial charge in [0.1, 0.15) is 0 Å². The first-order valence-electron chi connectivity index (χ1n) is 7.43. The summed E-state index contributed by atoms with van der Waals surface area (Å²) in [6.45, 7) is 1.66. The molecule has 0 bridgehead atoms. The molecule has 5 nitrogen and oxygen atoms in total. The lowest BCUT2D eigenvalue weighted by Gasteiger charge is -2.11. The van der Waals surface area contributed by atoms with Crippen molar-refractivity contribution < 1.29 is 9.90 Å². The molecule has 5 heteroatoms.